The number of nitrogen functional groups attached to an aromatic ring is 2. The lowest BCUT2D eigenvalue weighted by molar-refractivity contribution is -0.477. The van der Waals surface area contributed by atoms with E-state index in [9.17, 15) is 0 Å². The monoisotopic (exact) mass is 246 g/mol. The van der Waals surface area contributed by atoms with Gasteiger partial charge in [-0.25, -0.2) is 4.89 Å². The molecule has 17 heavy (non-hydrogen) atoms. The maximum Gasteiger partial charge on any atom is 0.403 e. The first-order valence-corrected chi connectivity index (χ1v) is 4.42. The van der Waals surface area contributed by atoms with Crippen molar-refractivity contribution >= 4 is 17.8 Å². The van der Waals surface area contributed by atoms with Crippen LogP contribution < -0.4 is 16.8 Å². The molecule has 5 N–H and O–H groups in total. The number of nitrogens with zero attached hydrogens (tertiary/aromatic N) is 3. The summed E-state index contributed by atoms with van der Waals surface area (Å²) in [6, 6.07) is 0. The van der Waals surface area contributed by atoms with Crippen LogP contribution in [0.25, 0.3) is 0 Å². The molecule has 1 aromatic heterocycles. The molecule has 96 valence electrons. The molecule has 1 heterocycles. The van der Waals surface area contributed by atoms with Gasteiger partial charge in [-0.05, 0) is 0 Å². The molecule has 1 rings (SSSR count). The van der Waals surface area contributed by atoms with Crippen molar-refractivity contribution in [1.82, 2.24) is 15.0 Å². The molecule has 0 aliphatic carbocycles. The Morgan fingerprint density at radius 2 is 1.53 bits per heavy atom. The van der Waals surface area contributed by atoms with E-state index < -0.39 is 6.10 Å². The van der Waals surface area contributed by atoms with Gasteiger partial charge in [-0.15, -0.1) is 0 Å². The van der Waals surface area contributed by atoms with Crippen molar-refractivity contribution < 1.29 is 19.2 Å². The number of hydrogen-bond donors (Lipinski definition) is 3. The molecule has 0 aliphatic heterocycles. The minimum atomic E-state index is -1.71. The third kappa shape index (κ3) is 3.35. The minimum Gasteiger partial charge on any atom is -0.368 e. The largest absolute Gasteiger partial charge is 0.403 e. The summed E-state index contributed by atoms with van der Waals surface area (Å²) in [7, 11) is 3.93. The highest BCUT2D eigenvalue weighted by atomic mass is 17.3. The van der Waals surface area contributed by atoms with Gasteiger partial charge in [-0.3, -0.25) is 5.32 Å². The third-order valence-electron chi connectivity index (χ3n) is 1.67. The Hall–Kier alpha value is -1.75. The maximum atomic E-state index is 5.40. The minimum absolute atomic E-state index is 0.00995. The molecule has 0 bridgehead atoms. The lowest BCUT2D eigenvalue weighted by atomic mass is 10.7. The van der Waals surface area contributed by atoms with Gasteiger partial charge >= 0.3 is 6.10 Å². The molecule has 0 radical (unpaired) electrons. The standard InChI is InChI=1S/C7H14N6O4/c1-14-7(15-2,17-16-3)13-6-11-4(8)10-5(9)12-6/h1-3H3,(H5,8,9,10,11,12,13). The van der Waals surface area contributed by atoms with Crippen LogP contribution in [0.5, 0.6) is 0 Å². The molecule has 10 nitrogen and oxygen atoms in total. The summed E-state index contributed by atoms with van der Waals surface area (Å²) in [5.41, 5.74) is 10.8. The van der Waals surface area contributed by atoms with Crippen molar-refractivity contribution in [2.45, 2.75) is 6.10 Å². The van der Waals surface area contributed by atoms with Gasteiger partial charge < -0.3 is 20.9 Å². The molecule has 0 fully saturated rings. The fourth-order valence-corrected chi connectivity index (χ4v) is 0.986. The molecule has 0 aliphatic rings. The number of nitrogens with one attached hydrogen (secondary N) is 1. The predicted octanol–water partition coefficient (Wildman–Crippen LogP) is -1.07. The van der Waals surface area contributed by atoms with E-state index in [1.54, 1.807) is 0 Å². The van der Waals surface area contributed by atoms with Crippen LogP contribution in [0.1, 0.15) is 0 Å². The van der Waals surface area contributed by atoms with E-state index in [2.05, 4.69) is 25.2 Å². The first-order chi connectivity index (χ1) is 8.05. The Kier molecular flexibility index (Phi) is 4.34. The lowest BCUT2D eigenvalue weighted by Crippen LogP contribution is -2.45. The topological polar surface area (TPSA) is 140 Å². The zero-order valence-electron chi connectivity index (χ0n) is 9.63. The first-order valence-electron chi connectivity index (χ1n) is 4.42. The van der Waals surface area contributed by atoms with E-state index in [0.29, 0.717) is 0 Å². The molecule has 0 unspecified atom stereocenters. The summed E-state index contributed by atoms with van der Waals surface area (Å²) in [6.45, 7) is 0. The average Bonchev–Trinajstić information content (AvgIpc) is 2.27. The summed E-state index contributed by atoms with van der Waals surface area (Å²) >= 11 is 0. The number of ether oxygens (including phenoxy) is 2. The van der Waals surface area contributed by atoms with Crippen LogP contribution in [0.4, 0.5) is 17.8 Å². The molecular weight excluding hydrogens is 232 g/mol. The molecule has 0 saturated carbocycles. The second kappa shape index (κ2) is 5.54. The fourth-order valence-electron chi connectivity index (χ4n) is 0.986. The second-order valence-electron chi connectivity index (χ2n) is 2.71. The van der Waals surface area contributed by atoms with Gasteiger partial charge in [0.2, 0.25) is 17.8 Å². The van der Waals surface area contributed by atoms with E-state index in [-0.39, 0.29) is 17.8 Å². The van der Waals surface area contributed by atoms with Gasteiger partial charge in [0.15, 0.2) is 0 Å². The molecule has 10 heteroatoms. The highest BCUT2D eigenvalue weighted by molar-refractivity contribution is 5.37. The van der Waals surface area contributed by atoms with Gasteiger partial charge in [0, 0.05) is 14.2 Å². The van der Waals surface area contributed by atoms with Crippen molar-refractivity contribution in [3.63, 3.8) is 0 Å². The van der Waals surface area contributed by atoms with Crippen LogP contribution in [0.2, 0.25) is 0 Å². The van der Waals surface area contributed by atoms with Crippen LogP contribution in [0.15, 0.2) is 0 Å². The molecule has 0 saturated heterocycles. The van der Waals surface area contributed by atoms with Crippen LogP contribution in [0.3, 0.4) is 0 Å². The van der Waals surface area contributed by atoms with Crippen molar-refractivity contribution in [3.8, 4) is 0 Å². The average molecular weight is 246 g/mol. The summed E-state index contributed by atoms with van der Waals surface area (Å²) in [5.74, 6) is -0.104. The number of hydrogen-bond acceptors (Lipinski definition) is 10. The zero-order chi connectivity index (χ0) is 12.9. The SMILES string of the molecule is COOC(Nc1nc(N)nc(N)n1)(OC)OC. The van der Waals surface area contributed by atoms with Crippen molar-refractivity contribution in [2.24, 2.45) is 0 Å². The number of anilines is 3. The Morgan fingerprint density at radius 1 is 1.00 bits per heavy atom. The summed E-state index contributed by atoms with van der Waals surface area (Å²) in [5, 5.41) is 2.56. The lowest BCUT2D eigenvalue weighted by Gasteiger charge is -2.27. The zero-order valence-corrected chi connectivity index (χ0v) is 9.63. The number of aromatic nitrogens is 3. The summed E-state index contributed by atoms with van der Waals surface area (Å²) < 4.78 is 9.90. The van der Waals surface area contributed by atoms with Crippen molar-refractivity contribution in [1.29, 1.82) is 0 Å². The number of rotatable bonds is 6. The fraction of sp³-hybridized carbons (Fsp3) is 0.571. The van der Waals surface area contributed by atoms with Gasteiger partial charge in [0.1, 0.15) is 0 Å². The van der Waals surface area contributed by atoms with Crippen LogP contribution >= 0.6 is 0 Å². The van der Waals surface area contributed by atoms with Crippen molar-refractivity contribution in [2.75, 3.05) is 38.1 Å². The molecule has 0 atom stereocenters. The Balaban J connectivity index is 2.92. The maximum absolute atomic E-state index is 5.40. The van der Waals surface area contributed by atoms with E-state index >= 15 is 0 Å². The number of methoxy groups -OCH3 is 2. The summed E-state index contributed by atoms with van der Waals surface area (Å²) in [4.78, 5) is 20.4. The van der Waals surface area contributed by atoms with Crippen molar-refractivity contribution in [3.05, 3.63) is 0 Å². The molecule has 0 amide bonds. The van der Waals surface area contributed by atoms with Gasteiger partial charge in [-0.1, -0.05) is 0 Å². The van der Waals surface area contributed by atoms with Crippen LogP contribution in [0, 0.1) is 0 Å². The van der Waals surface area contributed by atoms with Crippen LogP contribution in [-0.4, -0.2) is 42.4 Å². The summed E-state index contributed by atoms with van der Waals surface area (Å²) in [6.07, 6.45) is -1.71. The predicted molar refractivity (Wildman–Crippen MR) is 57.1 cm³/mol. The molecule has 0 spiro atoms. The highest BCUT2D eigenvalue weighted by Crippen LogP contribution is 2.16. The quantitative estimate of drug-likeness (QED) is 0.323. The third-order valence-corrected chi connectivity index (χ3v) is 1.67. The second-order valence-corrected chi connectivity index (χ2v) is 2.71. The number of nitrogens with two attached hydrogens (primary N) is 2. The Bertz CT molecular complexity index is 351. The smallest absolute Gasteiger partial charge is 0.368 e. The van der Waals surface area contributed by atoms with E-state index in [1.165, 1.54) is 21.3 Å². The van der Waals surface area contributed by atoms with E-state index in [4.69, 9.17) is 25.8 Å². The Morgan fingerprint density at radius 3 is 1.94 bits per heavy atom. The van der Waals surface area contributed by atoms with Gasteiger partial charge in [-0.2, -0.15) is 19.8 Å². The molecule has 0 aromatic carbocycles. The Labute approximate surface area is 97.2 Å². The first kappa shape index (κ1) is 13.3. The van der Waals surface area contributed by atoms with E-state index in [0.717, 1.165) is 0 Å². The molecule has 1 aromatic rings. The van der Waals surface area contributed by atoms with Gasteiger partial charge in [0.25, 0.3) is 0 Å². The van der Waals surface area contributed by atoms with Gasteiger partial charge in [0.05, 0.1) is 7.11 Å². The molecular formula is C7H14N6O4. The van der Waals surface area contributed by atoms with Crippen LogP contribution in [-0.2, 0) is 19.2 Å². The highest BCUT2D eigenvalue weighted by Gasteiger charge is 2.34. The van der Waals surface area contributed by atoms with E-state index in [1.807, 2.05) is 0 Å². The normalized spacial score (nSPS) is 11.5.